The third-order valence-electron chi connectivity index (χ3n) is 6.73. The zero-order valence-corrected chi connectivity index (χ0v) is 17.0. The first-order chi connectivity index (χ1) is 12.7. The summed E-state index contributed by atoms with van der Waals surface area (Å²) in [4.78, 5) is 13.2. The lowest BCUT2D eigenvalue weighted by Crippen LogP contribution is -2.61. The summed E-state index contributed by atoms with van der Waals surface area (Å²) < 4.78 is 7.53. The Labute approximate surface area is 161 Å². The highest BCUT2D eigenvalue weighted by Gasteiger charge is 2.55. The Bertz CT molecular complexity index is 705. The largest absolute Gasteiger partial charge is 0.390 e. The molecule has 0 saturated heterocycles. The summed E-state index contributed by atoms with van der Waals surface area (Å²) >= 11 is 0. The van der Waals surface area contributed by atoms with Crippen LogP contribution in [-0.2, 0) is 16.9 Å². The van der Waals surface area contributed by atoms with E-state index >= 15 is 0 Å². The molecule has 0 aromatic carbocycles. The Morgan fingerprint density at radius 2 is 2.00 bits per heavy atom. The molecule has 4 bridgehead atoms. The van der Waals surface area contributed by atoms with Crippen LogP contribution in [0.25, 0.3) is 0 Å². The van der Waals surface area contributed by atoms with E-state index in [1.165, 1.54) is 0 Å². The third kappa shape index (κ3) is 3.42. The van der Waals surface area contributed by atoms with E-state index in [4.69, 9.17) is 4.74 Å². The van der Waals surface area contributed by atoms with Crippen LogP contribution in [0.15, 0.2) is 6.20 Å². The van der Waals surface area contributed by atoms with Crippen molar-refractivity contribution in [2.24, 2.45) is 17.8 Å². The molecule has 1 aromatic rings. The highest BCUT2D eigenvalue weighted by Crippen LogP contribution is 2.55. The molecule has 4 aliphatic carbocycles. The standard InChI is InChI=1S/C21H33N3O3/c1-5-27-12-17-16(11-22-24(17)20(2,3)4)19(25)23-18-14-6-13-7-15(18)10-21(26,8-13)9-14/h11,13-15,18,26H,5-10,12H2,1-4H3,(H,23,25). The molecule has 1 heterocycles. The molecule has 2 atom stereocenters. The van der Waals surface area contributed by atoms with Gasteiger partial charge in [0.1, 0.15) is 0 Å². The van der Waals surface area contributed by atoms with E-state index in [-0.39, 0.29) is 17.5 Å². The molecule has 0 radical (unpaired) electrons. The molecule has 5 rings (SSSR count). The SMILES string of the molecule is CCOCc1c(C(=O)NC2C3CC4CC2CC(O)(C4)C3)cnn1C(C)(C)C. The summed E-state index contributed by atoms with van der Waals surface area (Å²) in [6.07, 6.45) is 6.57. The Hall–Kier alpha value is -1.40. The summed E-state index contributed by atoms with van der Waals surface area (Å²) in [5.41, 5.74) is 0.765. The van der Waals surface area contributed by atoms with Crippen LogP contribution in [0.2, 0.25) is 0 Å². The lowest BCUT2D eigenvalue weighted by atomic mass is 9.52. The summed E-state index contributed by atoms with van der Waals surface area (Å²) in [5, 5.41) is 18.6. The number of hydrogen-bond acceptors (Lipinski definition) is 4. The molecule has 4 aliphatic rings. The summed E-state index contributed by atoms with van der Waals surface area (Å²) in [6, 6.07) is 0.173. The molecule has 4 saturated carbocycles. The number of amides is 1. The van der Waals surface area contributed by atoms with E-state index in [9.17, 15) is 9.90 Å². The molecular formula is C21H33N3O3. The van der Waals surface area contributed by atoms with Crippen LogP contribution >= 0.6 is 0 Å². The van der Waals surface area contributed by atoms with Crippen LogP contribution in [0.5, 0.6) is 0 Å². The third-order valence-corrected chi connectivity index (χ3v) is 6.73. The zero-order valence-electron chi connectivity index (χ0n) is 17.0. The van der Waals surface area contributed by atoms with E-state index in [0.717, 1.165) is 37.8 Å². The molecule has 1 aromatic heterocycles. The molecule has 4 fully saturated rings. The van der Waals surface area contributed by atoms with Gasteiger partial charge in [-0.05, 0) is 77.6 Å². The van der Waals surface area contributed by atoms with Gasteiger partial charge in [-0.25, -0.2) is 0 Å². The first-order valence-electron chi connectivity index (χ1n) is 10.4. The van der Waals surface area contributed by atoms with E-state index in [2.05, 4.69) is 31.2 Å². The second kappa shape index (κ2) is 6.59. The fourth-order valence-electron chi connectivity index (χ4n) is 5.93. The van der Waals surface area contributed by atoms with Crippen LogP contribution in [0.4, 0.5) is 0 Å². The Morgan fingerprint density at radius 3 is 2.56 bits per heavy atom. The molecule has 0 aliphatic heterocycles. The zero-order chi connectivity index (χ0) is 19.4. The Balaban J connectivity index is 1.54. The summed E-state index contributed by atoms with van der Waals surface area (Å²) in [7, 11) is 0. The van der Waals surface area contributed by atoms with Gasteiger partial charge in [0.15, 0.2) is 0 Å². The van der Waals surface area contributed by atoms with Gasteiger partial charge in [0.05, 0.1) is 35.2 Å². The van der Waals surface area contributed by atoms with Crippen LogP contribution in [-0.4, -0.2) is 39.0 Å². The first-order valence-corrected chi connectivity index (χ1v) is 10.4. The molecular weight excluding hydrogens is 342 g/mol. The molecule has 1 amide bonds. The smallest absolute Gasteiger partial charge is 0.255 e. The molecule has 6 nitrogen and oxygen atoms in total. The van der Waals surface area contributed by atoms with E-state index < -0.39 is 5.60 Å². The molecule has 2 N–H and O–H groups in total. The molecule has 27 heavy (non-hydrogen) atoms. The van der Waals surface area contributed by atoms with Gasteiger partial charge in [-0.2, -0.15) is 5.10 Å². The van der Waals surface area contributed by atoms with Crippen molar-refractivity contribution >= 4 is 5.91 Å². The summed E-state index contributed by atoms with van der Waals surface area (Å²) in [5.74, 6) is 1.39. The lowest BCUT2D eigenvalue weighted by molar-refractivity contribution is -0.136. The minimum Gasteiger partial charge on any atom is -0.390 e. The van der Waals surface area contributed by atoms with E-state index in [1.807, 2.05) is 11.6 Å². The molecule has 0 spiro atoms. The summed E-state index contributed by atoms with van der Waals surface area (Å²) in [6.45, 7) is 9.18. The number of nitrogens with zero attached hydrogens (tertiary/aromatic N) is 2. The van der Waals surface area contributed by atoms with Crippen molar-refractivity contribution in [1.82, 2.24) is 15.1 Å². The normalized spacial score (nSPS) is 34.9. The van der Waals surface area contributed by atoms with Gasteiger partial charge in [0.25, 0.3) is 5.91 Å². The van der Waals surface area contributed by atoms with Gasteiger partial charge in [-0.1, -0.05) is 0 Å². The average molecular weight is 376 g/mol. The van der Waals surface area contributed by atoms with E-state index in [1.54, 1.807) is 6.20 Å². The number of carbonyl (C=O) groups excluding carboxylic acids is 1. The second-order valence-electron chi connectivity index (χ2n) is 9.92. The van der Waals surface area contributed by atoms with Crippen LogP contribution < -0.4 is 5.32 Å². The predicted molar refractivity (Wildman–Crippen MR) is 102 cm³/mol. The van der Waals surface area contributed by atoms with Crippen molar-refractivity contribution < 1.29 is 14.6 Å². The number of hydrogen-bond donors (Lipinski definition) is 2. The minimum atomic E-state index is -0.477. The van der Waals surface area contributed by atoms with Crippen LogP contribution in [0.3, 0.4) is 0 Å². The fraction of sp³-hybridized carbons (Fsp3) is 0.810. The number of aromatic nitrogens is 2. The first kappa shape index (κ1) is 18.9. The molecule has 2 unspecified atom stereocenters. The Morgan fingerprint density at radius 1 is 1.33 bits per heavy atom. The number of carbonyl (C=O) groups is 1. The maximum atomic E-state index is 13.2. The van der Waals surface area contributed by atoms with Crippen molar-refractivity contribution in [2.75, 3.05) is 6.61 Å². The highest BCUT2D eigenvalue weighted by molar-refractivity contribution is 5.95. The van der Waals surface area contributed by atoms with Crippen LogP contribution in [0, 0.1) is 17.8 Å². The second-order valence-corrected chi connectivity index (χ2v) is 9.92. The fourth-order valence-corrected chi connectivity index (χ4v) is 5.93. The maximum Gasteiger partial charge on any atom is 0.255 e. The van der Waals surface area contributed by atoms with Crippen molar-refractivity contribution in [3.05, 3.63) is 17.5 Å². The van der Waals surface area contributed by atoms with Gasteiger partial charge < -0.3 is 15.2 Å². The van der Waals surface area contributed by atoms with Crippen molar-refractivity contribution in [1.29, 1.82) is 0 Å². The molecule has 150 valence electrons. The topological polar surface area (TPSA) is 76.4 Å². The van der Waals surface area contributed by atoms with Gasteiger partial charge in [0, 0.05) is 12.6 Å². The van der Waals surface area contributed by atoms with Crippen molar-refractivity contribution in [3.8, 4) is 0 Å². The quantitative estimate of drug-likeness (QED) is 0.830. The van der Waals surface area contributed by atoms with Crippen LogP contribution in [0.1, 0.15) is 75.9 Å². The van der Waals surface area contributed by atoms with Gasteiger partial charge in [0.2, 0.25) is 0 Å². The Kier molecular flexibility index (Phi) is 4.62. The van der Waals surface area contributed by atoms with E-state index in [0.29, 0.717) is 36.5 Å². The average Bonchev–Trinajstić information content (AvgIpc) is 2.98. The lowest BCUT2D eigenvalue weighted by Gasteiger charge is -2.58. The minimum absolute atomic E-state index is 0.0512. The number of rotatable bonds is 5. The maximum absolute atomic E-state index is 13.2. The predicted octanol–water partition coefficient (Wildman–Crippen LogP) is 2.84. The number of ether oxygens (including phenoxy) is 1. The highest BCUT2D eigenvalue weighted by atomic mass is 16.5. The van der Waals surface area contributed by atoms with Gasteiger partial charge in [-0.15, -0.1) is 0 Å². The van der Waals surface area contributed by atoms with Crippen molar-refractivity contribution in [3.63, 3.8) is 0 Å². The number of aliphatic hydroxyl groups is 1. The van der Waals surface area contributed by atoms with Gasteiger partial charge >= 0.3 is 0 Å². The van der Waals surface area contributed by atoms with Crippen molar-refractivity contribution in [2.45, 2.75) is 83.6 Å². The van der Waals surface area contributed by atoms with Gasteiger partial charge in [-0.3, -0.25) is 9.48 Å². The molecule has 6 heteroatoms. The monoisotopic (exact) mass is 375 g/mol. The number of nitrogens with one attached hydrogen (secondary N) is 1.